The Morgan fingerprint density at radius 3 is 2.84 bits per heavy atom. The van der Waals surface area contributed by atoms with Crippen molar-refractivity contribution < 1.29 is 14.3 Å². The summed E-state index contributed by atoms with van der Waals surface area (Å²) in [7, 11) is 0. The SMILES string of the molecule is CC(=O)c1cccc(NC(=O)CN2CC(C)Oc3cc(N)ccc32)c1. The zero-order valence-corrected chi connectivity index (χ0v) is 14.3. The molecule has 25 heavy (non-hydrogen) atoms. The summed E-state index contributed by atoms with van der Waals surface area (Å²) in [5.74, 6) is 0.493. The molecule has 1 unspecified atom stereocenters. The molecule has 0 saturated heterocycles. The Balaban J connectivity index is 1.73. The predicted molar refractivity (Wildman–Crippen MR) is 98.2 cm³/mol. The lowest BCUT2D eigenvalue weighted by Gasteiger charge is -2.34. The van der Waals surface area contributed by atoms with E-state index in [0.29, 0.717) is 29.2 Å². The topological polar surface area (TPSA) is 84.7 Å². The van der Waals surface area contributed by atoms with Crippen LogP contribution in [-0.2, 0) is 4.79 Å². The van der Waals surface area contributed by atoms with Crippen LogP contribution in [-0.4, -0.2) is 30.9 Å². The summed E-state index contributed by atoms with van der Waals surface area (Å²) >= 11 is 0. The molecule has 0 aromatic heterocycles. The van der Waals surface area contributed by atoms with Crippen LogP contribution in [0.1, 0.15) is 24.2 Å². The van der Waals surface area contributed by atoms with Crippen molar-refractivity contribution in [3.8, 4) is 5.75 Å². The zero-order valence-electron chi connectivity index (χ0n) is 14.3. The van der Waals surface area contributed by atoms with E-state index in [0.717, 1.165) is 5.69 Å². The Morgan fingerprint density at radius 1 is 1.28 bits per heavy atom. The largest absolute Gasteiger partial charge is 0.487 e. The van der Waals surface area contributed by atoms with Crippen LogP contribution in [0.25, 0.3) is 0 Å². The van der Waals surface area contributed by atoms with Crippen LogP contribution in [0.5, 0.6) is 5.75 Å². The number of carbonyl (C=O) groups is 2. The van der Waals surface area contributed by atoms with Gasteiger partial charge < -0.3 is 20.7 Å². The summed E-state index contributed by atoms with van der Waals surface area (Å²) in [4.78, 5) is 25.9. The average Bonchev–Trinajstić information content (AvgIpc) is 2.54. The first kappa shape index (κ1) is 16.8. The minimum absolute atomic E-state index is 0.0374. The molecule has 1 aliphatic heterocycles. The standard InChI is InChI=1S/C19H21N3O3/c1-12-10-22(17-7-6-15(20)9-18(17)25-12)11-19(24)21-16-5-3-4-14(8-16)13(2)23/h3-9,12H,10-11,20H2,1-2H3,(H,21,24). The first-order valence-electron chi connectivity index (χ1n) is 8.14. The molecule has 0 spiro atoms. The Morgan fingerprint density at radius 2 is 2.08 bits per heavy atom. The highest BCUT2D eigenvalue weighted by molar-refractivity contribution is 5.98. The Kier molecular flexibility index (Phi) is 4.61. The van der Waals surface area contributed by atoms with Gasteiger partial charge in [-0.05, 0) is 38.1 Å². The first-order chi connectivity index (χ1) is 11.9. The maximum atomic E-state index is 12.4. The number of nitrogens with one attached hydrogen (secondary N) is 1. The number of nitrogens with two attached hydrogens (primary N) is 1. The van der Waals surface area contributed by atoms with Crippen LogP contribution in [0, 0.1) is 0 Å². The van der Waals surface area contributed by atoms with Crippen molar-refractivity contribution in [1.29, 1.82) is 0 Å². The predicted octanol–water partition coefficient (Wildman–Crippen LogP) is 2.70. The number of hydrogen-bond acceptors (Lipinski definition) is 5. The quantitative estimate of drug-likeness (QED) is 0.661. The summed E-state index contributed by atoms with van der Waals surface area (Å²) in [6.45, 7) is 4.25. The summed E-state index contributed by atoms with van der Waals surface area (Å²) < 4.78 is 5.79. The molecule has 6 heteroatoms. The summed E-state index contributed by atoms with van der Waals surface area (Å²) in [5, 5.41) is 2.84. The number of carbonyl (C=O) groups excluding carboxylic acids is 2. The van der Waals surface area contributed by atoms with Gasteiger partial charge in [-0.3, -0.25) is 9.59 Å². The minimum Gasteiger partial charge on any atom is -0.487 e. The second-order valence-electron chi connectivity index (χ2n) is 6.22. The molecule has 1 aliphatic rings. The maximum absolute atomic E-state index is 12.4. The number of rotatable bonds is 4. The number of Topliss-reactive ketones (excluding diaryl/α,β-unsaturated/α-hetero) is 1. The molecule has 0 saturated carbocycles. The number of amides is 1. The van der Waals surface area contributed by atoms with E-state index < -0.39 is 0 Å². The minimum atomic E-state index is -0.155. The number of nitrogens with zero attached hydrogens (tertiary/aromatic N) is 1. The summed E-state index contributed by atoms with van der Waals surface area (Å²) in [5.41, 5.74) is 8.46. The van der Waals surface area contributed by atoms with Crippen molar-refractivity contribution >= 4 is 28.8 Å². The lowest BCUT2D eigenvalue weighted by Crippen LogP contribution is -2.42. The molecule has 1 amide bonds. The molecule has 0 aliphatic carbocycles. The molecule has 0 radical (unpaired) electrons. The number of benzene rings is 2. The smallest absolute Gasteiger partial charge is 0.243 e. The van der Waals surface area contributed by atoms with Crippen molar-refractivity contribution in [3.05, 3.63) is 48.0 Å². The van der Waals surface area contributed by atoms with E-state index in [1.807, 2.05) is 17.9 Å². The monoisotopic (exact) mass is 339 g/mol. The molecule has 130 valence electrons. The van der Waals surface area contributed by atoms with Gasteiger partial charge in [0.2, 0.25) is 5.91 Å². The van der Waals surface area contributed by atoms with Gasteiger partial charge in [-0.25, -0.2) is 0 Å². The second-order valence-corrected chi connectivity index (χ2v) is 6.22. The van der Waals surface area contributed by atoms with Crippen LogP contribution in [0.15, 0.2) is 42.5 Å². The lowest BCUT2D eigenvalue weighted by atomic mass is 10.1. The first-order valence-corrected chi connectivity index (χ1v) is 8.14. The lowest BCUT2D eigenvalue weighted by molar-refractivity contribution is -0.115. The highest BCUT2D eigenvalue weighted by atomic mass is 16.5. The molecule has 1 heterocycles. The Bertz CT molecular complexity index is 819. The third-order valence-corrected chi connectivity index (χ3v) is 4.02. The van der Waals surface area contributed by atoms with E-state index in [1.165, 1.54) is 6.92 Å². The molecule has 1 atom stereocenters. The van der Waals surface area contributed by atoms with E-state index in [4.69, 9.17) is 10.5 Å². The maximum Gasteiger partial charge on any atom is 0.243 e. The van der Waals surface area contributed by atoms with Crippen molar-refractivity contribution in [2.24, 2.45) is 0 Å². The van der Waals surface area contributed by atoms with Gasteiger partial charge in [-0.1, -0.05) is 12.1 Å². The Hall–Kier alpha value is -3.02. The van der Waals surface area contributed by atoms with Gasteiger partial charge in [0.05, 0.1) is 18.8 Å². The fraction of sp³-hybridized carbons (Fsp3) is 0.263. The number of ketones is 1. The number of hydrogen-bond donors (Lipinski definition) is 2. The molecular weight excluding hydrogens is 318 g/mol. The third-order valence-electron chi connectivity index (χ3n) is 4.02. The van der Waals surface area contributed by atoms with Gasteiger partial charge >= 0.3 is 0 Å². The van der Waals surface area contributed by atoms with E-state index >= 15 is 0 Å². The van der Waals surface area contributed by atoms with Crippen LogP contribution < -0.4 is 20.7 Å². The van der Waals surface area contributed by atoms with Crippen molar-refractivity contribution in [3.63, 3.8) is 0 Å². The van der Waals surface area contributed by atoms with Crippen molar-refractivity contribution in [1.82, 2.24) is 0 Å². The summed E-state index contributed by atoms with van der Waals surface area (Å²) in [6, 6.07) is 12.3. The van der Waals surface area contributed by atoms with E-state index in [9.17, 15) is 9.59 Å². The number of ether oxygens (including phenoxy) is 1. The van der Waals surface area contributed by atoms with Crippen molar-refractivity contribution in [2.75, 3.05) is 29.0 Å². The van der Waals surface area contributed by atoms with Gasteiger partial charge in [0.1, 0.15) is 11.9 Å². The molecule has 6 nitrogen and oxygen atoms in total. The van der Waals surface area contributed by atoms with Gasteiger partial charge in [0, 0.05) is 23.0 Å². The average molecular weight is 339 g/mol. The summed E-state index contributed by atoms with van der Waals surface area (Å²) in [6.07, 6.45) is -0.0388. The Labute approximate surface area is 146 Å². The highest BCUT2D eigenvalue weighted by Crippen LogP contribution is 2.34. The van der Waals surface area contributed by atoms with Gasteiger partial charge in [-0.15, -0.1) is 0 Å². The molecule has 2 aromatic carbocycles. The fourth-order valence-electron chi connectivity index (χ4n) is 2.89. The molecule has 2 aromatic rings. The fourth-order valence-corrected chi connectivity index (χ4v) is 2.89. The number of nitrogen functional groups attached to an aromatic ring is 1. The third kappa shape index (κ3) is 3.91. The number of anilines is 3. The van der Waals surface area contributed by atoms with Gasteiger partial charge in [-0.2, -0.15) is 0 Å². The van der Waals surface area contributed by atoms with Gasteiger partial charge in [0.15, 0.2) is 5.78 Å². The van der Waals surface area contributed by atoms with E-state index in [1.54, 1.807) is 36.4 Å². The normalized spacial score (nSPS) is 15.9. The van der Waals surface area contributed by atoms with Crippen LogP contribution >= 0.6 is 0 Å². The molecule has 3 N–H and O–H groups in total. The van der Waals surface area contributed by atoms with Crippen LogP contribution in [0.3, 0.4) is 0 Å². The second kappa shape index (κ2) is 6.84. The molecule has 0 bridgehead atoms. The van der Waals surface area contributed by atoms with E-state index in [-0.39, 0.29) is 24.3 Å². The van der Waals surface area contributed by atoms with Crippen molar-refractivity contribution in [2.45, 2.75) is 20.0 Å². The highest BCUT2D eigenvalue weighted by Gasteiger charge is 2.24. The number of fused-ring (bicyclic) bond motifs is 1. The van der Waals surface area contributed by atoms with Crippen LogP contribution in [0.2, 0.25) is 0 Å². The molecular formula is C19H21N3O3. The molecule has 0 fully saturated rings. The van der Waals surface area contributed by atoms with Crippen LogP contribution in [0.4, 0.5) is 17.1 Å². The zero-order chi connectivity index (χ0) is 18.0. The molecule has 3 rings (SSSR count). The van der Waals surface area contributed by atoms with Gasteiger partial charge in [0.25, 0.3) is 0 Å². The van der Waals surface area contributed by atoms with E-state index in [2.05, 4.69) is 5.32 Å².